The third-order valence-electron chi connectivity index (χ3n) is 6.25. The Bertz CT molecular complexity index is 1440. The number of fused-ring (bicyclic) bond motifs is 1. The summed E-state index contributed by atoms with van der Waals surface area (Å²) >= 11 is 0. The van der Waals surface area contributed by atoms with Crippen molar-refractivity contribution in [1.82, 2.24) is 23.8 Å². The molecule has 4 heterocycles. The molecule has 1 aromatic carbocycles. The lowest BCUT2D eigenvalue weighted by Gasteiger charge is -2.25. The molecule has 1 atom stereocenters. The van der Waals surface area contributed by atoms with Gasteiger partial charge in [-0.3, -0.25) is 14.0 Å². The van der Waals surface area contributed by atoms with E-state index in [0.29, 0.717) is 47.9 Å². The van der Waals surface area contributed by atoms with Gasteiger partial charge < -0.3 is 19.3 Å². The molecule has 1 N–H and O–H groups in total. The van der Waals surface area contributed by atoms with Crippen molar-refractivity contribution in [2.75, 3.05) is 13.7 Å². The molecule has 5 rings (SSSR count). The Hall–Kier alpha value is -4.40. The molecule has 178 valence electrons. The first-order valence-corrected chi connectivity index (χ1v) is 11.3. The number of ether oxygens (including phenoxy) is 1. The van der Waals surface area contributed by atoms with Crippen molar-refractivity contribution in [2.45, 2.75) is 25.9 Å². The molecule has 1 aliphatic rings. The number of aliphatic hydroxyl groups excluding tert-OH is 1. The fraction of sp³-hybridized carbons (Fsp3) is 0.231. The van der Waals surface area contributed by atoms with Crippen molar-refractivity contribution < 1.29 is 19.4 Å². The van der Waals surface area contributed by atoms with E-state index in [1.807, 2.05) is 35.0 Å². The van der Waals surface area contributed by atoms with Crippen molar-refractivity contribution >= 4 is 23.1 Å². The van der Waals surface area contributed by atoms with Crippen LogP contribution in [-0.4, -0.2) is 54.3 Å². The molecule has 0 radical (unpaired) electrons. The quantitative estimate of drug-likeness (QED) is 0.252. The van der Waals surface area contributed by atoms with E-state index in [2.05, 4.69) is 9.97 Å². The summed E-state index contributed by atoms with van der Waals surface area (Å²) in [5.74, 6) is -1.01. The van der Waals surface area contributed by atoms with E-state index < -0.39 is 17.7 Å². The van der Waals surface area contributed by atoms with Crippen LogP contribution >= 0.6 is 0 Å². The number of rotatable bonds is 7. The van der Waals surface area contributed by atoms with Gasteiger partial charge >= 0.3 is 0 Å². The molecule has 0 aliphatic carbocycles. The van der Waals surface area contributed by atoms with Crippen LogP contribution in [0.1, 0.15) is 29.4 Å². The van der Waals surface area contributed by atoms with Crippen molar-refractivity contribution in [3.63, 3.8) is 0 Å². The second-order valence-corrected chi connectivity index (χ2v) is 8.40. The maximum absolute atomic E-state index is 13.3. The Kier molecular flexibility index (Phi) is 5.82. The molecule has 0 bridgehead atoms. The number of nitrogens with zero attached hydrogens (tertiary/aromatic N) is 5. The number of pyridine rings is 1. The fourth-order valence-corrected chi connectivity index (χ4v) is 4.64. The molecular formula is C26H25N5O4. The highest BCUT2D eigenvalue weighted by molar-refractivity contribution is 6.46. The molecule has 3 aromatic heterocycles. The summed E-state index contributed by atoms with van der Waals surface area (Å²) in [5.41, 5.74) is 2.31. The predicted molar refractivity (Wildman–Crippen MR) is 129 cm³/mol. The summed E-state index contributed by atoms with van der Waals surface area (Å²) in [4.78, 5) is 36.6. The van der Waals surface area contributed by atoms with Gasteiger partial charge in [0, 0.05) is 31.7 Å². The first kappa shape index (κ1) is 22.4. The Morgan fingerprint density at radius 2 is 1.97 bits per heavy atom. The molecule has 4 aromatic rings. The molecule has 9 heteroatoms. The standard InChI is InChI=1S/C26H25N5O4/c1-17-22(30-12-4-3-9-20(30)28-17)24(32)21-23(18-7-5-8-19(15-18)35-2)31(26(34)25(21)33)13-6-11-29-14-10-27-16-29/h3-5,7-10,12,14-16,23,32H,6,11,13H2,1-2H3. The zero-order chi connectivity index (χ0) is 24.5. The Morgan fingerprint density at radius 1 is 1.11 bits per heavy atom. The topological polar surface area (TPSA) is 102 Å². The molecule has 1 fully saturated rings. The van der Waals surface area contributed by atoms with Gasteiger partial charge in [-0.25, -0.2) is 9.97 Å². The Balaban J connectivity index is 1.62. The van der Waals surface area contributed by atoms with Crippen LogP contribution in [0.25, 0.3) is 11.4 Å². The van der Waals surface area contributed by atoms with Gasteiger partial charge in [-0.2, -0.15) is 0 Å². The van der Waals surface area contributed by atoms with Crippen LogP contribution in [0.5, 0.6) is 5.75 Å². The Morgan fingerprint density at radius 3 is 2.74 bits per heavy atom. The molecule has 1 amide bonds. The molecular weight excluding hydrogens is 446 g/mol. The van der Waals surface area contributed by atoms with Crippen molar-refractivity contribution in [1.29, 1.82) is 0 Å². The van der Waals surface area contributed by atoms with Crippen molar-refractivity contribution in [3.05, 3.63) is 89.9 Å². The van der Waals surface area contributed by atoms with Gasteiger partial charge in [0.1, 0.15) is 17.1 Å². The number of aryl methyl sites for hydroxylation is 2. The summed E-state index contributed by atoms with van der Waals surface area (Å²) in [5, 5.41) is 11.5. The number of carbonyl (C=O) groups excluding carboxylic acids is 2. The number of benzene rings is 1. The minimum atomic E-state index is -0.762. The monoisotopic (exact) mass is 471 g/mol. The number of carbonyl (C=O) groups is 2. The van der Waals surface area contributed by atoms with E-state index in [1.165, 1.54) is 4.90 Å². The molecule has 9 nitrogen and oxygen atoms in total. The molecule has 35 heavy (non-hydrogen) atoms. The van der Waals surface area contributed by atoms with Gasteiger partial charge in [-0.15, -0.1) is 0 Å². The molecule has 1 aliphatic heterocycles. The summed E-state index contributed by atoms with van der Waals surface area (Å²) < 4.78 is 9.02. The number of likely N-dealkylation sites (tertiary alicyclic amines) is 1. The maximum atomic E-state index is 13.3. The second kappa shape index (κ2) is 9.09. The van der Waals surface area contributed by atoms with Crippen LogP contribution in [-0.2, 0) is 16.1 Å². The number of methoxy groups -OCH3 is 1. The van der Waals surface area contributed by atoms with Crippen LogP contribution in [0.15, 0.2) is 73.0 Å². The van der Waals surface area contributed by atoms with Crippen LogP contribution in [0.3, 0.4) is 0 Å². The van der Waals surface area contributed by atoms with E-state index >= 15 is 0 Å². The fourth-order valence-electron chi connectivity index (χ4n) is 4.64. The van der Waals surface area contributed by atoms with E-state index in [-0.39, 0.29) is 11.3 Å². The van der Waals surface area contributed by atoms with Gasteiger partial charge in [0.15, 0.2) is 5.76 Å². The number of aliphatic hydroxyl groups is 1. The van der Waals surface area contributed by atoms with Crippen molar-refractivity contribution in [3.8, 4) is 5.75 Å². The van der Waals surface area contributed by atoms with Crippen LogP contribution < -0.4 is 4.74 Å². The highest BCUT2D eigenvalue weighted by Gasteiger charge is 2.46. The summed E-state index contributed by atoms with van der Waals surface area (Å²) in [6.45, 7) is 2.73. The first-order chi connectivity index (χ1) is 17.0. The summed E-state index contributed by atoms with van der Waals surface area (Å²) in [6, 6.07) is 11.9. The van der Waals surface area contributed by atoms with E-state index in [1.54, 1.807) is 55.4 Å². The number of amides is 1. The normalized spacial score (nSPS) is 17.4. The third-order valence-corrected chi connectivity index (χ3v) is 6.25. The lowest BCUT2D eigenvalue weighted by molar-refractivity contribution is -0.139. The van der Waals surface area contributed by atoms with E-state index in [4.69, 9.17) is 4.74 Å². The lowest BCUT2D eigenvalue weighted by Crippen LogP contribution is -2.31. The van der Waals surface area contributed by atoms with Crippen molar-refractivity contribution in [2.24, 2.45) is 0 Å². The lowest BCUT2D eigenvalue weighted by atomic mass is 9.96. The average Bonchev–Trinajstić information content (AvgIpc) is 3.56. The zero-order valence-corrected chi connectivity index (χ0v) is 19.5. The zero-order valence-electron chi connectivity index (χ0n) is 19.5. The molecule has 0 spiro atoms. The SMILES string of the molecule is COc1cccc(C2C(=C(O)c3c(C)nc4ccccn34)C(=O)C(=O)N2CCCn2ccnc2)c1. The predicted octanol–water partition coefficient (Wildman–Crippen LogP) is 3.36. The first-order valence-electron chi connectivity index (χ1n) is 11.3. The maximum Gasteiger partial charge on any atom is 0.295 e. The minimum absolute atomic E-state index is 0.0413. The number of hydrogen-bond acceptors (Lipinski definition) is 6. The molecule has 1 unspecified atom stereocenters. The van der Waals surface area contributed by atoms with Gasteiger partial charge in [-0.05, 0) is 43.2 Å². The number of imidazole rings is 2. The average molecular weight is 472 g/mol. The Labute approximate surface area is 201 Å². The van der Waals surface area contributed by atoms with Crippen LogP contribution in [0.4, 0.5) is 0 Å². The van der Waals surface area contributed by atoms with Gasteiger partial charge in [-0.1, -0.05) is 18.2 Å². The summed E-state index contributed by atoms with van der Waals surface area (Å²) in [7, 11) is 1.56. The summed E-state index contributed by atoms with van der Waals surface area (Å²) in [6.07, 6.45) is 7.63. The van der Waals surface area contributed by atoms with E-state index in [0.717, 1.165) is 0 Å². The minimum Gasteiger partial charge on any atom is -0.505 e. The second-order valence-electron chi connectivity index (χ2n) is 8.40. The van der Waals surface area contributed by atoms with Gasteiger partial charge in [0.2, 0.25) is 0 Å². The van der Waals surface area contributed by atoms with Gasteiger partial charge in [0.05, 0.1) is 30.7 Å². The van der Waals surface area contributed by atoms with Gasteiger partial charge in [0.25, 0.3) is 11.7 Å². The molecule has 1 saturated heterocycles. The largest absolute Gasteiger partial charge is 0.505 e. The smallest absolute Gasteiger partial charge is 0.295 e. The number of aromatic nitrogens is 4. The van der Waals surface area contributed by atoms with E-state index in [9.17, 15) is 14.7 Å². The highest BCUT2D eigenvalue weighted by Crippen LogP contribution is 2.40. The number of ketones is 1. The van der Waals surface area contributed by atoms with Crippen LogP contribution in [0, 0.1) is 6.92 Å². The third kappa shape index (κ3) is 3.95. The number of Topliss-reactive ketones (excluding diaryl/α,β-unsaturated/α-hetero) is 1. The highest BCUT2D eigenvalue weighted by atomic mass is 16.5. The molecule has 0 saturated carbocycles. The number of hydrogen-bond donors (Lipinski definition) is 1. The van der Waals surface area contributed by atoms with Crippen LogP contribution in [0.2, 0.25) is 0 Å².